The lowest BCUT2D eigenvalue weighted by Gasteiger charge is -2.11. The molecule has 1 N–H and O–H groups in total. The van der Waals surface area contributed by atoms with E-state index in [0.29, 0.717) is 23.5 Å². The molecule has 1 saturated heterocycles. The number of rotatable bonds is 4. The van der Waals surface area contributed by atoms with Gasteiger partial charge in [-0.1, -0.05) is 0 Å². The summed E-state index contributed by atoms with van der Waals surface area (Å²) in [6, 6.07) is 7.77. The van der Waals surface area contributed by atoms with Crippen LogP contribution in [-0.2, 0) is 10.0 Å². The summed E-state index contributed by atoms with van der Waals surface area (Å²) in [5, 5.41) is 6.31. The quantitative estimate of drug-likeness (QED) is 0.906. The molecule has 0 saturated carbocycles. The van der Waals surface area contributed by atoms with Gasteiger partial charge in [0, 0.05) is 31.1 Å². The second-order valence-corrected chi connectivity index (χ2v) is 7.88. The van der Waals surface area contributed by atoms with Crippen LogP contribution in [0.1, 0.15) is 23.2 Å². The van der Waals surface area contributed by atoms with Crippen LogP contribution in [-0.4, -0.2) is 38.7 Å². The van der Waals surface area contributed by atoms with E-state index in [9.17, 15) is 13.2 Å². The molecule has 0 radical (unpaired) electrons. The van der Waals surface area contributed by atoms with Crippen molar-refractivity contribution in [1.29, 1.82) is 0 Å². The zero-order valence-electron chi connectivity index (χ0n) is 13.1. The number of likely N-dealkylation sites (tertiary alicyclic amines) is 1. The fourth-order valence-electron chi connectivity index (χ4n) is 2.41. The predicted octanol–water partition coefficient (Wildman–Crippen LogP) is 2.81. The first-order chi connectivity index (χ1) is 11.5. The van der Waals surface area contributed by atoms with E-state index in [0.717, 1.165) is 13.0 Å². The van der Waals surface area contributed by atoms with Crippen LogP contribution >= 0.6 is 11.3 Å². The molecule has 1 fully saturated rings. The Bertz CT molecular complexity index is 856. The van der Waals surface area contributed by atoms with Gasteiger partial charge in [-0.15, -0.1) is 4.40 Å². The topological polar surface area (TPSA) is 78.8 Å². The summed E-state index contributed by atoms with van der Waals surface area (Å²) in [6.45, 7) is 0.821. The van der Waals surface area contributed by atoms with Crippen molar-refractivity contribution in [3.63, 3.8) is 0 Å². The summed E-state index contributed by atoms with van der Waals surface area (Å²) in [4.78, 5) is 13.9. The number of anilines is 1. The summed E-state index contributed by atoms with van der Waals surface area (Å²) >= 11 is 1.44. The van der Waals surface area contributed by atoms with Crippen LogP contribution in [0.2, 0.25) is 0 Å². The molecule has 1 aliphatic rings. The van der Waals surface area contributed by atoms with Gasteiger partial charge < -0.3 is 10.2 Å². The van der Waals surface area contributed by atoms with Crippen molar-refractivity contribution in [2.45, 2.75) is 17.7 Å². The van der Waals surface area contributed by atoms with E-state index in [-0.39, 0.29) is 10.8 Å². The fraction of sp³-hybridized carbons (Fsp3) is 0.250. The first kappa shape index (κ1) is 16.7. The van der Waals surface area contributed by atoms with Gasteiger partial charge in [0.15, 0.2) is 0 Å². The maximum absolute atomic E-state index is 12.4. The average molecular weight is 363 g/mol. The van der Waals surface area contributed by atoms with Gasteiger partial charge >= 0.3 is 0 Å². The third-order valence-corrected chi connectivity index (χ3v) is 5.76. The van der Waals surface area contributed by atoms with Gasteiger partial charge in [0.25, 0.3) is 15.9 Å². The highest BCUT2D eigenvalue weighted by atomic mass is 32.2. The molecule has 24 heavy (non-hydrogen) atoms. The van der Waals surface area contributed by atoms with Gasteiger partial charge in [0.2, 0.25) is 0 Å². The van der Waals surface area contributed by atoms with E-state index < -0.39 is 10.0 Å². The van der Waals surface area contributed by atoms with Crippen LogP contribution in [0.3, 0.4) is 0 Å². The molecule has 1 aromatic carbocycles. The molecule has 3 rings (SSSR count). The van der Waals surface area contributed by atoms with Crippen molar-refractivity contribution in [2.75, 3.05) is 18.9 Å². The molecule has 1 aliphatic heterocycles. The fourth-order valence-corrected chi connectivity index (χ4v) is 4.14. The van der Waals surface area contributed by atoms with Crippen LogP contribution in [0.25, 0.3) is 0 Å². The summed E-state index contributed by atoms with van der Waals surface area (Å²) in [6.07, 6.45) is 1.59. The predicted molar refractivity (Wildman–Crippen MR) is 95.2 cm³/mol. The third-order valence-electron chi connectivity index (χ3n) is 3.75. The molecule has 0 spiro atoms. The van der Waals surface area contributed by atoms with E-state index in [1.54, 1.807) is 23.6 Å². The van der Waals surface area contributed by atoms with Crippen LogP contribution in [0, 0.1) is 0 Å². The SMILES string of the molecule is CN1CCC/C1=N/S(=O)(=O)c1ccc(NC(=O)c2ccsc2)cc1. The molecule has 2 heterocycles. The first-order valence-electron chi connectivity index (χ1n) is 7.44. The van der Waals surface area contributed by atoms with E-state index in [1.807, 2.05) is 17.3 Å². The molecule has 126 valence electrons. The minimum Gasteiger partial charge on any atom is -0.362 e. The molecule has 2 aromatic rings. The van der Waals surface area contributed by atoms with Gasteiger partial charge in [-0.25, -0.2) is 0 Å². The number of amidine groups is 1. The molecule has 6 nitrogen and oxygen atoms in total. The van der Waals surface area contributed by atoms with Crippen molar-refractivity contribution >= 4 is 38.8 Å². The maximum Gasteiger partial charge on any atom is 0.283 e. The maximum atomic E-state index is 12.4. The Morgan fingerprint density at radius 1 is 1.25 bits per heavy atom. The van der Waals surface area contributed by atoms with Crippen LogP contribution in [0.4, 0.5) is 5.69 Å². The summed E-state index contributed by atoms with van der Waals surface area (Å²) < 4.78 is 28.6. The third kappa shape index (κ3) is 3.65. The molecular formula is C16H17N3O3S2. The molecule has 0 unspecified atom stereocenters. The van der Waals surface area contributed by atoms with Gasteiger partial charge in [-0.05, 0) is 42.1 Å². The summed E-state index contributed by atoms with van der Waals surface area (Å²) in [7, 11) is -1.89. The van der Waals surface area contributed by atoms with E-state index in [4.69, 9.17) is 0 Å². The Hall–Kier alpha value is -2.19. The van der Waals surface area contributed by atoms with Crippen molar-refractivity contribution in [3.8, 4) is 0 Å². The van der Waals surface area contributed by atoms with Crippen LogP contribution in [0.5, 0.6) is 0 Å². The zero-order chi connectivity index (χ0) is 17.2. The molecule has 8 heteroatoms. The normalized spacial score (nSPS) is 16.5. The van der Waals surface area contributed by atoms with Crippen molar-refractivity contribution in [2.24, 2.45) is 4.40 Å². The van der Waals surface area contributed by atoms with Crippen LogP contribution < -0.4 is 5.32 Å². The Kier molecular flexibility index (Phi) is 4.68. The minimum atomic E-state index is -3.73. The number of nitrogens with one attached hydrogen (secondary N) is 1. The number of hydrogen-bond acceptors (Lipinski definition) is 4. The average Bonchev–Trinajstić information content (AvgIpc) is 3.20. The van der Waals surface area contributed by atoms with Crippen molar-refractivity contribution in [3.05, 3.63) is 46.7 Å². The van der Waals surface area contributed by atoms with Gasteiger partial charge in [0.1, 0.15) is 5.84 Å². The second-order valence-electron chi connectivity index (χ2n) is 5.50. The number of carbonyl (C=O) groups is 1. The molecule has 1 aromatic heterocycles. The number of sulfonamides is 1. The molecule has 0 aliphatic carbocycles. The highest BCUT2D eigenvalue weighted by molar-refractivity contribution is 7.90. The lowest BCUT2D eigenvalue weighted by molar-refractivity contribution is 0.102. The highest BCUT2D eigenvalue weighted by Crippen LogP contribution is 2.19. The smallest absolute Gasteiger partial charge is 0.283 e. The minimum absolute atomic E-state index is 0.115. The number of thiophene rings is 1. The first-order valence-corrected chi connectivity index (χ1v) is 9.82. The summed E-state index contributed by atoms with van der Waals surface area (Å²) in [5.41, 5.74) is 1.11. The van der Waals surface area contributed by atoms with E-state index in [1.165, 1.54) is 23.5 Å². The van der Waals surface area contributed by atoms with Crippen molar-refractivity contribution in [1.82, 2.24) is 4.90 Å². The lowest BCUT2D eigenvalue weighted by Crippen LogP contribution is -2.20. The number of amides is 1. The monoisotopic (exact) mass is 363 g/mol. The highest BCUT2D eigenvalue weighted by Gasteiger charge is 2.20. The largest absolute Gasteiger partial charge is 0.362 e. The Labute approximate surface area is 144 Å². The molecule has 0 bridgehead atoms. The molecule has 0 atom stereocenters. The standard InChI is InChI=1S/C16H17N3O3S2/c1-19-9-2-3-15(19)18-24(21,22)14-6-4-13(5-7-14)17-16(20)12-8-10-23-11-12/h4-8,10-11H,2-3,9H2,1H3,(H,17,20)/b18-15-. The molecular weight excluding hydrogens is 346 g/mol. The van der Waals surface area contributed by atoms with E-state index >= 15 is 0 Å². The van der Waals surface area contributed by atoms with Gasteiger partial charge in [-0.2, -0.15) is 19.8 Å². The van der Waals surface area contributed by atoms with Gasteiger partial charge in [-0.3, -0.25) is 4.79 Å². The van der Waals surface area contributed by atoms with Gasteiger partial charge in [0.05, 0.1) is 10.5 Å². The Balaban J connectivity index is 1.75. The molecule has 1 amide bonds. The number of nitrogens with zero attached hydrogens (tertiary/aromatic N) is 2. The number of benzene rings is 1. The van der Waals surface area contributed by atoms with E-state index in [2.05, 4.69) is 9.71 Å². The second kappa shape index (κ2) is 6.74. The van der Waals surface area contributed by atoms with Crippen molar-refractivity contribution < 1.29 is 13.2 Å². The Morgan fingerprint density at radius 2 is 2.00 bits per heavy atom. The number of carbonyl (C=O) groups excluding carboxylic acids is 1. The zero-order valence-corrected chi connectivity index (χ0v) is 14.7. The lowest BCUT2D eigenvalue weighted by atomic mass is 10.3. The number of hydrogen-bond donors (Lipinski definition) is 1. The van der Waals surface area contributed by atoms with Crippen LogP contribution in [0.15, 0.2) is 50.4 Å². The summed E-state index contributed by atoms with van der Waals surface area (Å²) in [5.74, 6) is 0.365. The Morgan fingerprint density at radius 3 is 2.58 bits per heavy atom.